The maximum absolute atomic E-state index is 12.2. The lowest BCUT2D eigenvalue weighted by atomic mass is 9.96. The molecule has 3 N–H and O–H groups in total. The smallest absolute Gasteiger partial charge is 0.224 e. The Morgan fingerprint density at radius 1 is 1.47 bits per heavy atom. The maximum atomic E-state index is 12.2. The molecule has 5 heteroatoms. The first-order valence-electron chi connectivity index (χ1n) is 6.85. The number of amides is 1. The summed E-state index contributed by atoms with van der Waals surface area (Å²) >= 11 is 0. The highest BCUT2D eigenvalue weighted by Crippen LogP contribution is 2.18. The third-order valence-corrected chi connectivity index (χ3v) is 3.51. The SMILES string of the molecule is Cc1c(C(C)NC(=O)C(CN)CC(C)C)cnn1C. The summed E-state index contributed by atoms with van der Waals surface area (Å²) < 4.78 is 1.81. The lowest BCUT2D eigenvalue weighted by molar-refractivity contribution is -0.125. The van der Waals surface area contributed by atoms with Gasteiger partial charge in [0.25, 0.3) is 0 Å². The Bertz CT molecular complexity index is 425. The summed E-state index contributed by atoms with van der Waals surface area (Å²) in [6.07, 6.45) is 2.63. The molecular weight excluding hydrogens is 240 g/mol. The Kier molecular flexibility index (Phi) is 5.54. The fourth-order valence-electron chi connectivity index (χ4n) is 2.23. The minimum absolute atomic E-state index is 0.0342. The van der Waals surface area contributed by atoms with Crippen molar-refractivity contribution in [2.45, 2.75) is 40.2 Å². The predicted octanol–water partition coefficient (Wildman–Crippen LogP) is 1.53. The van der Waals surface area contributed by atoms with Gasteiger partial charge in [0.05, 0.1) is 18.2 Å². The van der Waals surface area contributed by atoms with Crippen LogP contribution in [0.25, 0.3) is 0 Å². The zero-order valence-corrected chi connectivity index (χ0v) is 12.6. The molecule has 0 fully saturated rings. The summed E-state index contributed by atoms with van der Waals surface area (Å²) in [7, 11) is 1.90. The molecule has 1 heterocycles. The molecule has 2 unspecified atom stereocenters. The van der Waals surface area contributed by atoms with Gasteiger partial charge in [0.2, 0.25) is 5.91 Å². The maximum Gasteiger partial charge on any atom is 0.224 e. The number of nitrogens with one attached hydrogen (secondary N) is 1. The van der Waals surface area contributed by atoms with Gasteiger partial charge in [0, 0.05) is 24.8 Å². The fraction of sp³-hybridized carbons (Fsp3) is 0.714. The molecule has 0 spiro atoms. The van der Waals surface area contributed by atoms with E-state index in [0.29, 0.717) is 12.5 Å². The van der Waals surface area contributed by atoms with E-state index in [-0.39, 0.29) is 17.9 Å². The molecule has 0 aliphatic carbocycles. The highest BCUT2D eigenvalue weighted by Gasteiger charge is 2.21. The van der Waals surface area contributed by atoms with Crippen LogP contribution in [0.4, 0.5) is 0 Å². The van der Waals surface area contributed by atoms with E-state index < -0.39 is 0 Å². The predicted molar refractivity (Wildman–Crippen MR) is 76.5 cm³/mol. The summed E-state index contributed by atoms with van der Waals surface area (Å²) in [5.41, 5.74) is 7.82. The van der Waals surface area contributed by atoms with Crippen LogP contribution < -0.4 is 11.1 Å². The highest BCUT2D eigenvalue weighted by atomic mass is 16.1. The molecular formula is C14H26N4O. The van der Waals surface area contributed by atoms with E-state index in [1.54, 1.807) is 6.20 Å². The number of nitrogens with two attached hydrogens (primary N) is 1. The van der Waals surface area contributed by atoms with Crippen molar-refractivity contribution in [2.75, 3.05) is 6.54 Å². The second-order valence-electron chi connectivity index (χ2n) is 5.60. The molecule has 0 radical (unpaired) electrons. The van der Waals surface area contributed by atoms with E-state index in [9.17, 15) is 4.79 Å². The Balaban J connectivity index is 2.67. The van der Waals surface area contributed by atoms with E-state index in [1.165, 1.54) is 0 Å². The van der Waals surface area contributed by atoms with Crippen LogP contribution in [-0.4, -0.2) is 22.2 Å². The van der Waals surface area contributed by atoms with Gasteiger partial charge in [-0.3, -0.25) is 9.48 Å². The molecule has 0 aliphatic heterocycles. The minimum atomic E-state index is -0.112. The number of hydrogen-bond donors (Lipinski definition) is 2. The van der Waals surface area contributed by atoms with Gasteiger partial charge in [0.1, 0.15) is 0 Å². The van der Waals surface area contributed by atoms with Crippen molar-refractivity contribution >= 4 is 5.91 Å². The molecule has 0 saturated carbocycles. The van der Waals surface area contributed by atoms with Gasteiger partial charge in [0.15, 0.2) is 0 Å². The molecule has 19 heavy (non-hydrogen) atoms. The van der Waals surface area contributed by atoms with Gasteiger partial charge in [-0.05, 0) is 26.2 Å². The molecule has 1 rings (SSSR count). The van der Waals surface area contributed by atoms with Crippen LogP contribution >= 0.6 is 0 Å². The summed E-state index contributed by atoms with van der Waals surface area (Å²) in [5.74, 6) is 0.390. The van der Waals surface area contributed by atoms with Crippen molar-refractivity contribution in [3.8, 4) is 0 Å². The van der Waals surface area contributed by atoms with Crippen LogP contribution in [0, 0.1) is 18.8 Å². The van der Waals surface area contributed by atoms with E-state index in [4.69, 9.17) is 5.73 Å². The summed E-state index contributed by atoms with van der Waals surface area (Å²) in [5, 5.41) is 7.23. The molecule has 0 aliphatic rings. The molecule has 2 atom stereocenters. The molecule has 0 bridgehead atoms. The van der Waals surface area contributed by atoms with Gasteiger partial charge >= 0.3 is 0 Å². The molecule has 108 valence electrons. The van der Waals surface area contributed by atoms with Crippen LogP contribution in [0.15, 0.2) is 6.20 Å². The quantitative estimate of drug-likeness (QED) is 0.820. The second kappa shape index (κ2) is 6.70. The Morgan fingerprint density at radius 2 is 2.11 bits per heavy atom. The Labute approximate surface area is 115 Å². The average Bonchev–Trinajstić information content (AvgIpc) is 2.66. The Morgan fingerprint density at radius 3 is 2.53 bits per heavy atom. The summed E-state index contributed by atoms with van der Waals surface area (Å²) in [6, 6.07) is -0.0394. The minimum Gasteiger partial charge on any atom is -0.349 e. The van der Waals surface area contributed by atoms with E-state index >= 15 is 0 Å². The van der Waals surface area contributed by atoms with Gasteiger partial charge in [-0.1, -0.05) is 13.8 Å². The number of aryl methyl sites for hydroxylation is 1. The van der Waals surface area contributed by atoms with Crippen molar-refractivity contribution < 1.29 is 4.79 Å². The molecule has 1 aromatic heterocycles. The first kappa shape index (κ1) is 15.7. The van der Waals surface area contributed by atoms with Crippen LogP contribution in [0.2, 0.25) is 0 Å². The zero-order chi connectivity index (χ0) is 14.6. The third-order valence-electron chi connectivity index (χ3n) is 3.51. The van der Waals surface area contributed by atoms with Gasteiger partial charge in [-0.2, -0.15) is 5.10 Å². The molecule has 1 amide bonds. The number of rotatable bonds is 6. The number of nitrogens with zero attached hydrogens (tertiary/aromatic N) is 2. The van der Waals surface area contributed by atoms with Crippen molar-refractivity contribution in [2.24, 2.45) is 24.6 Å². The van der Waals surface area contributed by atoms with Crippen LogP contribution in [0.5, 0.6) is 0 Å². The first-order chi connectivity index (χ1) is 8.86. The number of aromatic nitrogens is 2. The Hall–Kier alpha value is -1.36. The van der Waals surface area contributed by atoms with Crippen LogP contribution in [0.3, 0.4) is 0 Å². The van der Waals surface area contributed by atoms with Gasteiger partial charge in [-0.25, -0.2) is 0 Å². The van der Waals surface area contributed by atoms with E-state index in [2.05, 4.69) is 24.3 Å². The first-order valence-corrected chi connectivity index (χ1v) is 6.85. The lowest BCUT2D eigenvalue weighted by Crippen LogP contribution is -2.37. The summed E-state index contributed by atoms with van der Waals surface area (Å²) in [6.45, 7) is 8.57. The fourth-order valence-corrected chi connectivity index (χ4v) is 2.23. The number of carbonyl (C=O) groups excluding carboxylic acids is 1. The third kappa shape index (κ3) is 4.06. The van der Waals surface area contributed by atoms with Crippen LogP contribution in [0.1, 0.15) is 44.5 Å². The lowest BCUT2D eigenvalue weighted by Gasteiger charge is -2.20. The molecule has 0 aromatic carbocycles. The monoisotopic (exact) mass is 266 g/mol. The van der Waals surface area contributed by atoms with Gasteiger partial charge < -0.3 is 11.1 Å². The topological polar surface area (TPSA) is 72.9 Å². The van der Waals surface area contributed by atoms with Crippen molar-refractivity contribution in [3.05, 3.63) is 17.5 Å². The number of hydrogen-bond acceptors (Lipinski definition) is 3. The number of carbonyl (C=O) groups is 1. The zero-order valence-electron chi connectivity index (χ0n) is 12.6. The van der Waals surface area contributed by atoms with Crippen molar-refractivity contribution in [1.29, 1.82) is 0 Å². The van der Waals surface area contributed by atoms with Crippen molar-refractivity contribution in [1.82, 2.24) is 15.1 Å². The standard InChI is InChI=1S/C14H26N4O/c1-9(2)6-12(7-15)14(19)17-10(3)13-8-16-18(5)11(13)4/h8-10,12H,6-7,15H2,1-5H3,(H,17,19). The normalized spacial score (nSPS) is 14.5. The average molecular weight is 266 g/mol. The highest BCUT2D eigenvalue weighted by molar-refractivity contribution is 5.79. The van der Waals surface area contributed by atoms with Crippen molar-refractivity contribution in [3.63, 3.8) is 0 Å². The van der Waals surface area contributed by atoms with E-state index in [0.717, 1.165) is 17.7 Å². The molecule has 1 aromatic rings. The molecule has 0 saturated heterocycles. The van der Waals surface area contributed by atoms with Gasteiger partial charge in [-0.15, -0.1) is 0 Å². The van der Waals surface area contributed by atoms with Crippen LogP contribution in [-0.2, 0) is 11.8 Å². The molecule has 5 nitrogen and oxygen atoms in total. The second-order valence-corrected chi connectivity index (χ2v) is 5.60. The van der Waals surface area contributed by atoms with E-state index in [1.807, 2.05) is 25.6 Å². The summed E-state index contributed by atoms with van der Waals surface area (Å²) in [4.78, 5) is 12.2. The largest absolute Gasteiger partial charge is 0.349 e.